The zero-order chi connectivity index (χ0) is 11.3. The molecule has 2 rings (SSSR count). The molecule has 1 fully saturated rings. The third kappa shape index (κ3) is 4.03. The minimum Gasteiger partial charge on any atom is -0.365 e. The van der Waals surface area contributed by atoms with Gasteiger partial charge in [0.1, 0.15) is 5.60 Å². The van der Waals surface area contributed by atoms with Gasteiger partial charge >= 0.3 is 0 Å². The summed E-state index contributed by atoms with van der Waals surface area (Å²) >= 11 is 0. The molecule has 0 radical (unpaired) electrons. The van der Waals surface area contributed by atoms with E-state index in [1.54, 1.807) is 7.11 Å². The number of nitrogens with one attached hydrogen (secondary N) is 1. The molecule has 1 aliphatic heterocycles. The highest BCUT2D eigenvalue weighted by atomic mass is 35.5. The molecule has 1 aliphatic carbocycles. The lowest BCUT2D eigenvalue weighted by Gasteiger charge is -2.31. The predicted molar refractivity (Wildman–Crippen MR) is 73.4 cm³/mol. The van der Waals surface area contributed by atoms with E-state index >= 15 is 0 Å². The first kappa shape index (κ1) is 14.6. The zero-order valence-electron chi connectivity index (χ0n) is 10.6. The van der Waals surface area contributed by atoms with E-state index in [4.69, 9.17) is 4.74 Å². The number of halogens is 1. The molecule has 0 saturated carbocycles. The number of hydrogen-bond acceptors (Lipinski definition) is 2. The van der Waals surface area contributed by atoms with Gasteiger partial charge < -0.3 is 10.1 Å². The van der Waals surface area contributed by atoms with E-state index in [1.807, 2.05) is 0 Å². The van der Waals surface area contributed by atoms with E-state index in [1.165, 1.54) is 24.8 Å². The van der Waals surface area contributed by atoms with E-state index in [0.717, 1.165) is 32.4 Å². The maximum atomic E-state index is 5.63. The highest BCUT2D eigenvalue weighted by molar-refractivity contribution is 5.85. The van der Waals surface area contributed by atoms with Crippen molar-refractivity contribution in [3.05, 3.63) is 11.6 Å². The van der Waals surface area contributed by atoms with Crippen molar-refractivity contribution >= 4 is 12.4 Å². The van der Waals surface area contributed by atoms with E-state index in [9.17, 15) is 0 Å². The first-order valence-corrected chi connectivity index (χ1v) is 6.33. The predicted octanol–water partition coefficient (Wildman–Crippen LogP) is 2.68. The molecule has 1 saturated heterocycles. The molecule has 1 heterocycles. The topological polar surface area (TPSA) is 21.3 Å². The number of methoxy groups -OCH3 is 1. The van der Waals surface area contributed by atoms with Crippen LogP contribution < -0.4 is 5.32 Å². The minimum atomic E-state index is -0.191. The summed E-state index contributed by atoms with van der Waals surface area (Å²) < 4.78 is 5.63. The van der Waals surface area contributed by atoms with Crippen LogP contribution in [0.25, 0.3) is 0 Å². The van der Waals surface area contributed by atoms with Gasteiger partial charge in [0, 0.05) is 20.0 Å². The molecule has 2 aliphatic rings. The highest BCUT2D eigenvalue weighted by Crippen LogP contribution is 2.22. The lowest BCUT2D eigenvalue weighted by atomic mass is 9.91. The van der Waals surface area contributed by atoms with Crippen molar-refractivity contribution in [2.45, 2.75) is 44.1 Å². The molecule has 3 heteroatoms. The number of hydrogen-bond donors (Lipinski definition) is 1. The van der Waals surface area contributed by atoms with Crippen LogP contribution in [0.4, 0.5) is 0 Å². The second-order valence-electron chi connectivity index (χ2n) is 4.67. The summed E-state index contributed by atoms with van der Waals surface area (Å²) in [5.41, 5.74) is 1.13. The number of rotatable bonds is 1. The fourth-order valence-corrected chi connectivity index (χ4v) is 2.36. The Labute approximate surface area is 111 Å². The maximum Gasteiger partial charge on any atom is 0.131 e. The van der Waals surface area contributed by atoms with Crippen molar-refractivity contribution < 1.29 is 4.74 Å². The van der Waals surface area contributed by atoms with Gasteiger partial charge in [0.15, 0.2) is 0 Å². The summed E-state index contributed by atoms with van der Waals surface area (Å²) in [5, 5.41) is 3.35. The molecular formula is C14H22ClNO. The highest BCUT2D eigenvalue weighted by Gasteiger charge is 2.29. The molecule has 0 atom stereocenters. The Morgan fingerprint density at radius 3 is 2.65 bits per heavy atom. The van der Waals surface area contributed by atoms with Crippen LogP contribution in [0.2, 0.25) is 0 Å². The van der Waals surface area contributed by atoms with Gasteiger partial charge in [-0.2, -0.15) is 0 Å². The summed E-state index contributed by atoms with van der Waals surface area (Å²) in [6, 6.07) is 0. The fourth-order valence-electron chi connectivity index (χ4n) is 2.36. The zero-order valence-corrected chi connectivity index (χ0v) is 11.4. The van der Waals surface area contributed by atoms with Gasteiger partial charge in [0.25, 0.3) is 0 Å². The Kier molecular flexibility index (Phi) is 6.05. The van der Waals surface area contributed by atoms with Crippen molar-refractivity contribution in [1.29, 1.82) is 0 Å². The van der Waals surface area contributed by atoms with Crippen LogP contribution in [-0.4, -0.2) is 25.8 Å². The normalized spacial score (nSPS) is 22.8. The van der Waals surface area contributed by atoms with E-state index in [-0.39, 0.29) is 18.0 Å². The standard InChI is InChI=1S/C14H21NO.ClH/c1-16-14(9-11-15-12-10-14)8-7-13-5-3-2-4-6-13;/h5,15H,2-4,6,9-12H2,1H3;1H. The average molecular weight is 256 g/mol. The van der Waals surface area contributed by atoms with Crippen LogP contribution in [0.3, 0.4) is 0 Å². The van der Waals surface area contributed by atoms with Gasteiger partial charge in [-0.25, -0.2) is 0 Å². The Morgan fingerprint density at radius 1 is 1.29 bits per heavy atom. The van der Waals surface area contributed by atoms with Crippen molar-refractivity contribution in [2.24, 2.45) is 0 Å². The summed E-state index contributed by atoms with van der Waals surface area (Å²) in [6.45, 7) is 2.03. The summed E-state index contributed by atoms with van der Waals surface area (Å²) in [4.78, 5) is 0. The first-order valence-electron chi connectivity index (χ1n) is 6.33. The Bertz CT molecular complexity index is 321. The van der Waals surface area contributed by atoms with Crippen LogP contribution >= 0.6 is 12.4 Å². The smallest absolute Gasteiger partial charge is 0.131 e. The van der Waals surface area contributed by atoms with Crippen LogP contribution in [0.5, 0.6) is 0 Å². The van der Waals surface area contributed by atoms with Gasteiger partial charge in [0.05, 0.1) is 0 Å². The summed E-state index contributed by atoms with van der Waals surface area (Å²) in [6.07, 6.45) is 9.28. The van der Waals surface area contributed by atoms with Crippen molar-refractivity contribution in [2.75, 3.05) is 20.2 Å². The van der Waals surface area contributed by atoms with Crippen molar-refractivity contribution in [1.82, 2.24) is 5.32 Å². The lowest BCUT2D eigenvalue weighted by molar-refractivity contribution is 0.0159. The molecule has 0 unspecified atom stereocenters. The third-order valence-electron chi connectivity index (χ3n) is 3.54. The lowest BCUT2D eigenvalue weighted by Crippen LogP contribution is -2.42. The van der Waals surface area contributed by atoms with Crippen LogP contribution in [0.15, 0.2) is 11.6 Å². The Morgan fingerprint density at radius 2 is 2.06 bits per heavy atom. The van der Waals surface area contributed by atoms with Crippen LogP contribution in [0, 0.1) is 11.8 Å². The summed E-state index contributed by atoms with van der Waals surface area (Å²) in [5.74, 6) is 6.72. The molecule has 0 bridgehead atoms. The van der Waals surface area contributed by atoms with E-state index in [2.05, 4.69) is 23.2 Å². The molecule has 0 aromatic carbocycles. The number of allylic oxidation sites excluding steroid dienone is 2. The monoisotopic (exact) mass is 255 g/mol. The molecule has 0 spiro atoms. The second kappa shape index (κ2) is 7.06. The van der Waals surface area contributed by atoms with Crippen molar-refractivity contribution in [3.8, 4) is 11.8 Å². The van der Waals surface area contributed by atoms with Gasteiger partial charge in [0.2, 0.25) is 0 Å². The Balaban J connectivity index is 0.00000144. The van der Waals surface area contributed by atoms with Gasteiger partial charge in [-0.1, -0.05) is 17.9 Å². The maximum absolute atomic E-state index is 5.63. The van der Waals surface area contributed by atoms with Gasteiger partial charge in [-0.05, 0) is 44.3 Å². The molecule has 0 amide bonds. The SMILES string of the molecule is COC1(C#CC2=CCCCC2)CCNCC1.Cl. The summed E-state index contributed by atoms with van der Waals surface area (Å²) in [7, 11) is 1.79. The molecule has 96 valence electrons. The first-order chi connectivity index (χ1) is 7.85. The molecule has 0 aromatic rings. The van der Waals surface area contributed by atoms with E-state index in [0.29, 0.717) is 0 Å². The second-order valence-corrected chi connectivity index (χ2v) is 4.67. The average Bonchev–Trinajstić information content (AvgIpc) is 2.39. The van der Waals surface area contributed by atoms with Crippen molar-refractivity contribution in [3.63, 3.8) is 0 Å². The molecule has 17 heavy (non-hydrogen) atoms. The molecule has 2 nitrogen and oxygen atoms in total. The Hall–Kier alpha value is -0.490. The fraction of sp³-hybridized carbons (Fsp3) is 0.714. The van der Waals surface area contributed by atoms with Gasteiger partial charge in [-0.3, -0.25) is 0 Å². The quantitative estimate of drug-likeness (QED) is 0.728. The molecule has 0 aromatic heterocycles. The van der Waals surface area contributed by atoms with E-state index < -0.39 is 0 Å². The van der Waals surface area contributed by atoms with Crippen LogP contribution in [0.1, 0.15) is 38.5 Å². The molecule has 1 N–H and O–H groups in total. The minimum absolute atomic E-state index is 0. The largest absolute Gasteiger partial charge is 0.365 e. The third-order valence-corrected chi connectivity index (χ3v) is 3.54. The number of piperidine rings is 1. The van der Waals surface area contributed by atoms with Crippen LogP contribution in [-0.2, 0) is 4.74 Å². The number of ether oxygens (including phenoxy) is 1. The molecular weight excluding hydrogens is 234 g/mol. The van der Waals surface area contributed by atoms with Gasteiger partial charge in [-0.15, -0.1) is 12.4 Å².